The van der Waals surface area contributed by atoms with E-state index in [4.69, 9.17) is 0 Å². The monoisotopic (exact) mass is 194 g/mol. The summed E-state index contributed by atoms with van der Waals surface area (Å²) in [5, 5.41) is 0. The quantitative estimate of drug-likeness (QED) is 0.732. The molecule has 0 fully saturated rings. The molecule has 1 N–H and O–H groups in total. The number of aromatic amines is 1. The van der Waals surface area contributed by atoms with Crippen molar-refractivity contribution in [3.8, 4) is 0 Å². The standard InChI is InChI=1S/C11H18N2O/c1-4-5-6-8(2)11-12-7-10(13-11)9(3)14/h7-8H,4-6H2,1-3H3,(H,12,13). The molecule has 1 aromatic heterocycles. The molecule has 0 radical (unpaired) electrons. The van der Waals surface area contributed by atoms with Gasteiger partial charge in [-0.25, -0.2) is 4.98 Å². The van der Waals surface area contributed by atoms with Gasteiger partial charge in [-0.15, -0.1) is 0 Å². The summed E-state index contributed by atoms with van der Waals surface area (Å²) < 4.78 is 0. The second-order valence-corrected chi connectivity index (χ2v) is 3.78. The molecule has 1 atom stereocenters. The number of carbonyl (C=O) groups excluding carboxylic acids is 1. The Hall–Kier alpha value is -1.12. The third-order valence-electron chi connectivity index (χ3n) is 2.43. The van der Waals surface area contributed by atoms with Gasteiger partial charge in [0, 0.05) is 12.8 Å². The number of rotatable bonds is 5. The van der Waals surface area contributed by atoms with Crippen molar-refractivity contribution in [2.24, 2.45) is 0 Å². The number of nitrogens with zero attached hydrogens (tertiary/aromatic N) is 1. The van der Waals surface area contributed by atoms with E-state index in [1.54, 1.807) is 13.1 Å². The second-order valence-electron chi connectivity index (χ2n) is 3.78. The maximum absolute atomic E-state index is 11.0. The van der Waals surface area contributed by atoms with Gasteiger partial charge in [0.05, 0.1) is 6.20 Å². The fraction of sp³-hybridized carbons (Fsp3) is 0.636. The summed E-state index contributed by atoms with van der Waals surface area (Å²) in [6.45, 7) is 5.86. The molecular weight excluding hydrogens is 176 g/mol. The number of nitrogens with one attached hydrogen (secondary N) is 1. The van der Waals surface area contributed by atoms with Gasteiger partial charge in [-0.1, -0.05) is 26.7 Å². The lowest BCUT2D eigenvalue weighted by atomic mass is 10.0. The Morgan fingerprint density at radius 2 is 2.36 bits per heavy atom. The molecule has 0 aliphatic rings. The van der Waals surface area contributed by atoms with Crippen LogP contribution in [-0.2, 0) is 0 Å². The highest BCUT2D eigenvalue weighted by Crippen LogP contribution is 2.18. The van der Waals surface area contributed by atoms with Crippen molar-refractivity contribution < 1.29 is 4.79 Å². The number of ketones is 1. The molecule has 3 heteroatoms. The van der Waals surface area contributed by atoms with E-state index in [0.717, 1.165) is 12.2 Å². The molecule has 0 aliphatic heterocycles. The molecule has 0 saturated heterocycles. The minimum atomic E-state index is 0.0476. The zero-order chi connectivity index (χ0) is 10.6. The van der Waals surface area contributed by atoms with Gasteiger partial charge in [0.15, 0.2) is 5.78 Å². The minimum Gasteiger partial charge on any atom is -0.339 e. The lowest BCUT2D eigenvalue weighted by Gasteiger charge is -2.06. The van der Waals surface area contributed by atoms with Crippen LogP contribution in [0.4, 0.5) is 0 Å². The van der Waals surface area contributed by atoms with E-state index in [1.807, 2.05) is 0 Å². The van der Waals surface area contributed by atoms with Crippen molar-refractivity contribution in [2.45, 2.75) is 46.0 Å². The number of unbranched alkanes of at least 4 members (excludes halogenated alkanes) is 1. The van der Waals surface area contributed by atoms with Crippen LogP contribution in [0.1, 0.15) is 62.3 Å². The number of imidazole rings is 1. The molecule has 78 valence electrons. The summed E-state index contributed by atoms with van der Waals surface area (Å²) in [5.41, 5.74) is 0.614. The summed E-state index contributed by atoms with van der Waals surface area (Å²) >= 11 is 0. The number of hydrogen-bond donors (Lipinski definition) is 1. The molecule has 0 bridgehead atoms. The molecule has 0 aliphatic carbocycles. The van der Waals surface area contributed by atoms with Gasteiger partial charge in [0.25, 0.3) is 0 Å². The lowest BCUT2D eigenvalue weighted by Crippen LogP contribution is -1.98. The molecule has 0 aromatic carbocycles. The first-order chi connectivity index (χ1) is 6.65. The Morgan fingerprint density at radius 3 is 2.86 bits per heavy atom. The number of hydrogen-bond acceptors (Lipinski definition) is 2. The maximum atomic E-state index is 11.0. The van der Waals surface area contributed by atoms with E-state index in [0.29, 0.717) is 11.6 Å². The predicted molar refractivity (Wildman–Crippen MR) is 56.5 cm³/mol. The van der Waals surface area contributed by atoms with Crippen molar-refractivity contribution in [3.63, 3.8) is 0 Å². The fourth-order valence-corrected chi connectivity index (χ4v) is 1.41. The van der Waals surface area contributed by atoms with Gasteiger partial charge in [-0.2, -0.15) is 0 Å². The summed E-state index contributed by atoms with van der Waals surface area (Å²) in [6, 6.07) is 0. The third-order valence-corrected chi connectivity index (χ3v) is 2.43. The van der Waals surface area contributed by atoms with Gasteiger partial charge in [0.2, 0.25) is 0 Å². The number of H-pyrrole nitrogens is 1. The summed E-state index contributed by atoms with van der Waals surface area (Å²) in [7, 11) is 0. The van der Waals surface area contributed by atoms with E-state index in [-0.39, 0.29) is 5.78 Å². The molecule has 1 rings (SSSR count). The van der Waals surface area contributed by atoms with Crippen molar-refractivity contribution in [1.29, 1.82) is 0 Å². The van der Waals surface area contributed by atoms with Crippen molar-refractivity contribution in [3.05, 3.63) is 17.7 Å². The van der Waals surface area contributed by atoms with E-state index in [1.165, 1.54) is 12.8 Å². The van der Waals surface area contributed by atoms with Crippen LogP contribution in [0.3, 0.4) is 0 Å². The molecule has 1 aromatic rings. The van der Waals surface area contributed by atoms with Crippen LogP contribution in [0.5, 0.6) is 0 Å². The number of aromatic nitrogens is 2. The Balaban J connectivity index is 2.61. The van der Waals surface area contributed by atoms with E-state index in [9.17, 15) is 4.79 Å². The molecule has 0 spiro atoms. The van der Waals surface area contributed by atoms with Gasteiger partial charge in [-0.3, -0.25) is 4.79 Å². The molecular formula is C11H18N2O. The minimum absolute atomic E-state index is 0.0476. The van der Waals surface area contributed by atoms with Crippen LogP contribution in [0, 0.1) is 0 Å². The van der Waals surface area contributed by atoms with Crippen LogP contribution in [0.25, 0.3) is 0 Å². The van der Waals surface area contributed by atoms with Gasteiger partial charge < -0.3 is 4.98 Å². The highest BCUT2D eigenvalue weighted by molar-refractivity contribution is 5.91. The fourth-order valence-electron chi connectivity index (χ4n) is 1.41. The number of carbonyl (C=O) groups is 1. The normalized spacial score (nSPS) is 12.8. The molecule has 0 amide bonds. The lowest BCUT2D eigenvalue weighted by molar-refractivity contribution is 0.101. The molecule has 3 nitrogen and oxygen atoms in total. The first kappa shape index (κ1) is 11.0. The Bertz CT molecular complexity index is 304. The average Bonchev–Trinajstić information content (AvgIpc) is 2.62. The zero-order valence-corrected chi connectivity index (χ0v) is 9.13. The van der Waals surface area contributed by atoms with Gasteiger partial charge in [-0.05, 0) is 6.42 Å². The molecule has 1 unspecified atom stereocenters. The molecule has 0 saturated carbocycles. The van der Waals surface area contributed by atoms with E-state index in [2.05, 4.69) is 23.8 Å². The highest BCUT2D eigenvalue weighted by Gasteiger charge is 2.10. The predicted octanol–water partition coefficient (Wildman–Crippen LogP) is 2.91. The third kappa shape index (κ3) is 2.69. The Labute approximate surface area is 84.9 Å². The van der Waals surface area contributed by atoms with Crippen LogP contribution in [-0.4, -0.2) is 15.8 Å². The largest absolute Gasteiger partial charge is 0.339 e. The first-order valence-electron chi connectivity index (χ1n) is 5.21. The topological polar surface area (TPSA) is 45.8 Å². The Kier molecular flexibility index (Phi) is 3.86. The highest BCUT2D eigenvalue weighted by atomic mass is 16.1. The van der Waals surface area contributed by atoms with Gasteiger partial charge >= 0.3 is 0 Å². The smallest absolute Gasteiger partial charge is 0.177 e. The Morgan fingerprint density at radius 1 is 1.64 bits per heavy atom. The summed E-state index contributed by atoms with van der Waals surface area (Å²) in [5.74, 6) is 1.40. The first-order valence-corrected chi connectivity index (χ1v) is 5.21. The van der Waals surface area contributed by atoms with E-state index < -0.39 is 0 Å². The molecule has 1 heterocycles. The van der Waals surface area contributed by atoms with Crippen molar-refractivity contribution in [2.75, 3.05) is 0 Å². The molecule has 14 heavy (non-hydrogen) atoms. The number of Topliss-reactive ketones (excluding diaryl/α,β-unsaturated/α-hetero) is 1. The maximum Gasteiger partial charge on any atom is 0.177 e. The van der Waals surface area contributed by atoms with Crippen LogP contribution in [0.15, 0.2) is 6.20 Å². The summed E-state index contributed by atoms with van der Waals surface area (Å²) in [4.78, 5) is 18.3. The average molecular weight is 194 g/mol. The zero-order valence-electron chi connectivity index (χ0n) is 9.13. The SMILES string of the molecule is CCCCC(C)c1ncc(C(C)=O)[nH]1. The van der Waals surface area contributed by atoms with Crippen molar-refractivity contribution in [1.82, 2.24) is 9.97 Å². The second kappa shape index (κ2) is 4.94. The van der Waals surface area contributed by atoms with Crippen molar-refractivity contribution >= 4 is 5.78 Å². The summed E-state index contributed by atoms with van der Waals surface area (Å²) in [6.07, 6.45) is 5.16. The van der Waals surface area contributed by atoms with Crippen LogP contribution in [0.2, 0.25) is 0 Å². The van der Waals surface area contributed by atoms with Crippen LogP contribution >= 0.6 is 0 Å². The van der Waals surface area contributed by atoms with Gasteiger partial charge in [0.1, 0.15) is 11.5 Å². The van der Waals surface area contributed by atoms with E-state index >= 15 is 0 Å². The van der Waals surface area contributed by atoms with Crippen LogP contribution < -0.4 is 0 Å².